The summed E-state index contributed by atoms with van der Waals surface area (Å²) in [7, 11) is 0.591. The molecule has 1 atom stereocenters. The molecule has 2 N–H and O–H groups in total. The lowest BCUT2D eigenvalue weighted by Gasteiger charge is -2.29. The third-order valence-corrected chi connectivity index (χ3v) is 7.58. The van der Waals surface area contributed by atoms with Gasteiger partial charge >= 0.3 is 24.1 Å². The lowest BCUT2D eigenvalue weighted by atomic mass is 9.74. The SMILES string of the molecule is BCc1c(C)c(C(=O)O)c(C(=O)OC2CCC(C(=O)OC(CS(=O)(=O)O)C(F)(F)F)CC2)c(CB)c1CB. The molecule has 1 fully saturated rings. The average molecular weight is 560 g/mol. The Hall–Kier alpha value is -2.48. The first kappa shape index (κ1) is 31.7. The molecule has 0 aliphatic heterocycles. The van der Waals surface area contributed by atoms with E-state index < -0.39 is 58.1 Å². The van der Waals surface area contributed by atoms with E-state index in [1.54, 1.807) is 6.92 Å². The molecule has 0 saturated heterocycles. The van der Waals surface area contributed by atoms with Crippen LogP contribution in [0.1, 0.15) is 68.7 Å². The van der Waals surface area contributed by atoms with Crippen molar-refractivity contribution in [2.45, 2.75) is 70.0 Å². The molecule has 1 aromatic rings. The quantitative estimate of drug-likeness (QED) is 0.233. The summed E-state index contributed by atoms with van der Waals surface area (Å²) in [6, 6.07) is 0. The van der Waals surface area contributed by atoms with Gasteiger partial charge in [-0.05, 0) is 54.9 Å². The molecular formula is C22H30B3F3O9S. The second kappa shape index (κ2) is 12.6. The molecule has 208 valence electrons. The molecule has 0 amide bonds. The number of carbonyl (C=O) groups excluding carboxylic acids is 2. The van der Waals surface area contributed by atoms with E-state index >= 15 is 0 Å². The number of carboxylic acids is 1. The molecule has 0 heterocycles. The molecule has 38 heavy (non-hydrogen) atoms. The number of hydrogen-bond donors (Lipinski definition) is 2. The molecule has 1 aromatic carbocycles. The highest BCUT2D eigenvalue weighted by Gasteiger charge is 2.46. The standard InChI is InChI=1S/C22H30B3F3O9S/c1-10-13(6-23)14(7-24)15(8-25)18(17(10)19(29)30)21(32)36-12-4-2-11(3-5-12)20(31)37-16(22(26,27)28)9-38(33,34)35/h11-12,16H,2-9,23-25H2,1H3,(H,29,30)(H,33,34,35). The van der Waals surface area contributed by atoms with Crippen molar-refractivity contribution in [3.8, 4) is 0 Å². The highest BCUT2D eigenvalue weighted by molar-refractivity contribution is 7.85. The van der Waals surface area contributed by atoms with Crippen molar-refractivity contribution in [3.63, 3.8) is 0 Å². The van der Waals surface area contributed by atoms with Gasteiger partial charge in [0.2, 0.25) is 6.10 Å². The number of esters is 2. The van der Waals surface area contributed by atoms with Crippen molar-refractivity contribution in [2.75, 3.05) is 5.75 Å². The summed E-state index contributed by atoms with van der Waals surface area (Å²) in [6.07, 6.45) is -7.08. The Labute approximate surface area is 221 Å². The molecule has 0 aromatic heterocycles. The fraction of sp³-hybridized carbons (Fsp3) is 0.591. The minimum absolute atomic E-state index is 0.00760. The molecule has 1 aliphatic carbocycles. The van der Waals surface area contributed by atoms with E-state index in [9.17, 15) is 41.1 Å². The van der Waals surface area contributed by atoms with Gasteiger partial charge in [0.1, 0.15) is 35.4 Å². The van der Waals surface area contributed by atoms with E-state index in [-0.39, 0.29) is 36.8 Å². The van der Waals surface area contributed by atoms with Crippen LogP contribution in [0.4, 0.5) is 13.2 Å². The summed E-state index contributed by atoms with van der Waals surface area (Å²) in [5.74, 6) is -6.12. The molecule has 0 spiro atoms. The number of alkyl halides is 3. The number of ether oxygens (including phenoxy) is 2. The predicted molar refractivity (Wildman–Crippen MR) is 138 cm³/mol. The van der Waals surface area contributed by atoms with E-state index in [2.05, 4.69) is 4.74 Å². The van der Waals surface area contributed by atoms with E-state index in [1.165, 1.54) is 0 Å². The lowest BCUT2D eigenvalue weighted by Crippen LogP contribution is -2.41. The van der Waals surface area contributed by atoms with Crippen molar-refractivity contribution in [3.05, 3.63) is 33.4 Å². The second-order valence-electron chi connectivity index (χ2n) is 9.27. The molecule has 16 heteroatoms. The zero-order valence-electron chi connectivity index (χ0n) is 21.7. The Morgan fingerprint density at radius 2 is 1.50 bits per heavy atom. The number of aromatic carboxylic acids is 1. The van der Waals surface area contributed by atoms with Crippen LogP contribution in [0.3, 0.4) is 0 Å². The minimum atomic E-state index is -5.19. The van der Waals surface area contributed by atoms with E-state index in [0.717, 1.165) is 11.1 Å². The van der Waals surface area contributed by atoms with Crippen LogP contribution >= 0.6 is 0 Å². The van der Waals surface area contributed by atoms with Crippen LogP contribution in [0.25, 0.3) is 0 Å². The fourth-order valence-corrected chi connectivity index (χ4v) is 5.73. The summed E-state index contributed by atoms with van der Waals surface area (Å²) in [5, 5.41) is 9.91. The maximum Gasteiger partial charge on any atom is 0.426 e. The Balaban J connectivity index is 2.19. The van der Waals surface area contributed by atoms with Crippen LogP contribution in [0.5, 0.6) is 0 Å². The van der Waals surface area contributed by atoms with Gasteiger partial charge in [-0.3, -0.25) is 9.35 Å². The largest absolute Gasteiger partial charge is 0.478 e. The maximum atomic E-state index is 13.3. The zero-order chi connectivity index (χ0) is 29.0. The topological polar surface area (TPSA) is 144 Å². The van der Waals surface area contributed by atoms with Gasteiger partial charge in [0.15, 0.2) is 0 Å². The number of rotatable bonds is 10. The van der Waals surface area contributed by atoms with Crippen LogP contribution in [0.2, 0.25) is 0 Å². The van der Waals surface area contributed by atoms with Crippen molar-refractivity contribution in [1.82, 2.24) is 0 Å². The number of halogens is 3. The summed E-state index contributed by atoms with van der Waals surface area (Å²) in [5.41, 5.74) is 2.76. The number of carboxylic acid groups (broad SMARTS) is 1. The fourth-order valence-electron chi connectivity index (χ4n) is 5.09. The van der Waals surface area contributed by atoms with Gasteiger partial charge in [0.25, 0.3) is 10.1 Å². The van der Waals surface area contributed by atoms with Gasteiger partial charge in [-0.15, -0.1) is 0 Å². The third-order valence-electron chi connectivity index (χ3n) is 6.85. The van der Waals surface area contributed by atoms with E-state index in [1.807, 2.05) is 23.5 Å². The molecule has 9 nitrogen and oxygen atoms in total. The molecule has 1 saturated carbocycles. The van der Waals surface area contributed by atoms with Gasteiger partial charge in [-0.2, -0.15) is 21.6 Å². The van der Waals surface area contributed by atoms with Crippen molar-refractivity contribution >= 4 is 51.6 Å². The Bertz CT molecular complexity index is 1180. The number of hydrogen-bond acceptors (Lipinski definition) is 7. The molecular weight excluding hydrogens is 530 g/mol. The van der Waals surface area contributed by atoms with Gasteiger partial charge in [-0.1, -0.05) is 19.0 Å². The molecule has 1 aliphatic rings. The summed E-state index contributed by atoms with van der Waals surface area (Å²) < 4.78 is 79.8. The second-order valence-corrected chi connectivity index (χ2v) is 10.8. The molecule has 1 unspecified atom stereocenters. The summed E-state index contributed by atoms with van der Waals surface area (Å²) in [4.78, 5) is 37.7. The highest BCUT2D eigenvalue weighted by atomic mass is 32.2. The average Bonchev–Trinajstić information content (AvgIpc) is 2.81. The first-order valence-electron chi connectivity index (χ1n) is 12.4. The highest BCUT2D eigenvalue weighted by Crippen LogP contribution is 2.33. The summed E-state index contributed by atoms with van der Waals surface area (Å²) >= 11 is 0. The van der Waals surface area contributed by atoms with Crippen LogP contribution < -0.4 is 0 Å². The van der Waals surface area contributed by atoms with Gasteiger partial charge in [-0.25, -0.2) is 9.59 Å². The van der Waals surface area contributed by atoms with E-state index in [4.69, 9.17) is 9.29 Å². The Kier molecular flexibility index (Phi) is 10.5. The van der Waals surface area contributed by atoms with Gasteiger partial charge in [0, 0.05) is 0 Å². The molecule has 2 rings (SSSR count). The zero-order valence-corrected chi connectivity index (χ0v) is 22.5. The van der Waals surface area contributed by atoms with Crippen molar-refractivity contribution in [1.29, 1.82) is 0 Å². The van der Waals surface area contributed by atoms with Crippen LogP contribution in [-0.2, 0) is 43.3 Å². The van der Waals surface area contributed by atoms with Gasteiger partial charge < -0.3 is 14.6 Å². The number of benzene rings is 1. The van der Waals surface area contributed by atoms with Crippen LogP contribution in [0.15, 0.2) is 0 Å². The number of carbonyl (C=O) groups is 3. The Morgan fingerprint density at radius 3 is 1.92 bits per heavy atom. The minimum Gasteiger partial charge on any atom is -0.478 e. The lowest BCUT2D eigenvalue weighted by molar-refractivity contribution is -0.218. The Morgan fingerprint density at radius 1 is 0.974 bits per heavy atom. The van der Waals surface area contributed by atoms with E-state index in [0.29, 0.717) is 30.1 Å². The van der Waals surface area contributed by atoms with Crippen LogP contribution in [0, 0.1) is 12.8 Å². The predicted octanol–water partition coefficient (Wildman–Crippen LogP) is 0.170. The monoisotopic (exact) mass is 560 g/mol. The first-order valence-corrected chi connectivity index (χ1v) is 14.0. The summed E-state index contributed by atoms with van der Waals surface area (Å²) in [6.45, 7) is 1.66. The van der Waals surface area contributed by atoms with Crippen molar-refractivity contribution in [2.24, 2.45) is 5.92 Å². The third kappa shape index (κ3) is 7.55. The van der Waals surface area contributed by atoms with Gasteiger partial charge in [0.05, 0.1) is 17.0 Å². The van der Waals surface area contributed by atoms with Crippen LogP contribution in [-0.4, -0.2) is 83.7 Å². The smallest absolute Gasteiger partial charge is 0.426 e. The maximum absolute atomic E-state index is 13.3. The van der Waals surface area contributed by atoms with Crippen molar-refractivity contribution < 1.29 is 55.1 Å². The molecule has 0 radical (unpaired) electrons. The first-order chi connectivity index (χ1) is 17.5. The molecule has 0 bridgehead atoms. The normalized spacial score (nSPS) is 19.0.